The Morgan fingerprint density at radius 1 is 0.750 bits per heavy atom. The SMILES string of the molecule is CC(C)C(=O)C1CCC(C(=O)N2CCN(N3CCCC3)CC2)CC1. The third-order valence-corrected chi connectivity index (χ3v) is 6.10. The van der Waals surface area contributed by atoms with Crippen LogP contribution in [0.4, 0.5) is 0 Å². The first-order valence-electron chi connectivity index (χ1n) is 9.88. The second kappa shape index (κ2) is 7.96. The van der Waals surface area contributed by atoms with Gasteiger partial charge in [0.05, 0.1) is 0 Å². The normalized spacial score (nSPS) is 30.0. The van der Waals surface area contributed by atoms with Crippen molar-refractivity contribution in [2.24, 2.45) is 17.8 Å². The second-order valence-electron chi connectivity index (χ2n) is 8.05. The van der Waals surface area contributed by atoms with Gasteiger partial charge in [0.2, 0.25) is 5.91 Å². The van der Waals surface area contributed by atoms with Gasteiger partial charge in [0, 0.05) is 57.0 Å². The summed E-state index contributed by atoms with van der Waals surface area (Å²) >= 11 is 0. The van der Waals surface area contributed by atoms with Gasteiger partial charge < -0.3 is 4.90 Å². The van der Waals surface area contributed by atoms with E-state index in [0.29, 0.717) is 11.7 Å². The van der Waals surface area contributed by atoms with Crippen molar-refractivity contribution in [3.8, 4) is 0 Å². The maximum absolute atomic E-state index is 12.8. The minimum atomic E-state index is 0.126. The molecule has 0 N–H and O–H groups in total. The Balaban J connectivity index is 1.44. The third-order valence-electron chi connectivity index (χ3n) is 6.10. The van der Waals surface area contributed by atoms with Gasteiger partial charge in [0.25, 0.3) is 0 Å². The smallest absolute Gasteiger partial charge is 0.225 e. The van der Waals surface area contributed by atoms with Crippen LogP contribution in [0.3, 0.4) is 0 Å². The lowest BCUT2D eigenvalue weighted by Crippen LogP contribution is -2.55. The predicted molar refractivity (Wildman–Crippen MR) is 94.3 cm³/mol. The molecule has 3 rings (SSSR count). The Kier molecular flexibility index (Phi) is 5.93. The molecule has 0 aromatic rings. The van der Waals surface area contributed by atoms with Crippen molar-refractivity contribution in [1.82, 2.24) is 14.9 Å². The topological polar surface area (TPSA) is 43.9 Å². The third kappa shape index (κ3) is 3.99. The minimum absolute atomic E-state index is 0.126. The van der Waals surface area contributed by atoms with E-state index in [4.69, 9.17) is 0 Å². The first-order chi connectivity index (χ1) is 11.6. The summed E-state index contributed by atoms with van der Waals surface area (Å²) in [6.45, 7) is 10.0. The average Bonchev–Trinajstić information content (AvgIpc) is 3.15. The van der Waals surface area contributed by atoms with E-state index in [2.05, 4.69) is 14.9 Å². The summed E-state index contributed by atoms with van der Waals surface area (Å²) in [5.41, 5.74) is 0. The van der Waals surface area contributed by atoms with E-state index in [0.717, 1.165) is 51.9 Å². The highest BCUT2D eigenvalue weighted by atomic mass is 16.2. The van der Waals surface area contributed by atoms with Crippen LogP contribution in [0.2, 0.25) is 0 Å². The molecular formula is C19H33N3O2. The van der Waals surface area contributed by atoms with Crippen molar-refractivity contribution in [2.75, 3.05) is 39.3 Å². The standard InChI is InChI=1S/C19H33N3O2/c1-15(2)18(23)16-5-7-17(8-6-16)19(24)20-11-13-22(14-12-20)21-9-3-4-10-21/h15-17H,3-14H2,1-2H3. The van der Waals surface area contributed by atoms with Crippen molar-refractivity contribution in [1.29, 1.82) is 0 Å². The molecule has 3 fully saturated rings. The van der Waals surface area contributed by atoms with Gasteiger partial charge in [-0.3, -0.25) is 9.59 Å². The van der Waals surface area contributed by atoms with Crippen LogP contribution in [-0.2, 0) is 9.59 Å². The zero-order chi connectivity index (χ0) is 17.1. The summed E-state index contributed by atoms with van der Waals surface area (Å²) in [6, 6.07) is 0. The molecule has 5 nitrogen and oxygen atoms in total. The van der Waals surface area contributed by atoms with Crippen LogP contribution >= 0.6 is 0 Å². The number of ketones is 1. The van der Waals surface area contributed by atoms with E-state index in [1.165, 1.54) is 25.9 Å². The lowest BCUT2D eigenvalue weighted by atomic mass is 9.77. The number of nitrogens with zero attached hydrogens (tertiary/aromatic N) is 3. The lowest BCUT2D eigenvalue weighted by molar-refractivity contribution is -0.143. The molecule has 5 heteroatoms. The van der Waals surface area contributed by atoms with Gasteiger partial charge in [-0.2, -0.15) is 0 Å². The Morgan fingerprint density at radius 3 is 1.79 bits per heavy atom. The van der Waals surface area contributed by atoms with Crippen LogP contribution in [0.5, 0.6) is 0 Å². The molecule has 1 aliphatic carbocycles. The summed E-state index contributed by atoms with van der Waals surface area (Å²) < 4.78 is 0. The van der Waals surface area contributed by atoms with Gasteiger partial charge in [-0.15, -0.1) is 0 Å². The van der Waals surface area contributed by atoms with Crippen LogP contribution in [0.15, 0.2) is 0 Å². The van der Waals surface area contributed by atoms with Gasteiger partial charge >= 0.3 is 0 Å². The zero-order valence-electron chi connectivity index (χ0n) is 15.4. The number of rotatable bonds is 4. The zero-order valence-corrected chi connectivity index (χ0v) is 15.4. The first kappa shape index (κ1) is 17.9. The molecule has 2 heterocycles. The Labute approximate surface area is 146 Å². The van der Waals surface area contributed by atoms with E-state index >= 15 is 0 Å². The fourth-order valence-electron chi connectivity index (χ4n) is 4.54. The predicted octanol–water partition coefficient (Wildman–Crippen LogP) is 2.17. The van der Waals surface area contributed by atoms with Crippen molar-refractivity contribution in [3.63, 3.8) is 0 Å². The molecule has 0 atom stereocenters. The van der Waals surface area contributed by atoms with Gasteiger partial charge in [-0.05, 0) is 38.5 Å². The molecule has 0 aromatic carbocycles. The number of Topliss-reactive ketones (excluding diaryl/α,β-unsaturated/α-hetero) is 1. The van der Waals surface area contributed by atoms with Crippen LogP contribution in [-0.4, -0.2) is 65.9 Å². The van der Waals surface area contributed by atoms with Gasteiger partial charge in [-0.25, -0.2) is 10.0 Å². The van der Waals surface area contributed by atoms with Crippen LogP contribution in [0, 0.1) is 17.8 Å². The minimum Gasteiger partial charge on any atom is -0.340 e. The summed E-state index contributed by atoms with van der Waals surface area (Å²) in [7, 11) is 0. The highest BCUT2D eigenvalue weighted by Crippen LogP contribution is 2.32. The molecule has 0 unspecified atom stereocenters. The Hall–Kier alpha value is -0.940. The highest BCUT2D eigenvalue weighted by Gasteiger charge is 2.34. The molecule has 136 valence electrons. The lowest BCUT2D eigenvalue weighted by Gasteiger charge is -2.41. The maximum atomic E-state index is 12.8. The van der Waals surface area contributed by atoms with Crippen molar-refractivity contribution >= 4 is 11.7 Å². The van der Waals surface area contributed by atoms with Crippen molar-refractivity contribution in [3.05, 3.63) is 0 Å². The molecule has 2 aliphatic heterocycles. The van der Waals surface area contributed by atoms with E-state index < -0.39 is 0 Å². The average molecular weight is 335 g/mol. The molecule has 1 saturated carbocycles. The number of carbonyl (C=O) groups excluding carboxylic acids is 2. The molecule has 2 saturated heterocycles. The number of carbonyl (C=O) groups is 2. The van der Waals surface area contributed by atoms with E-state index in [1.807, 2.05) is 13.8 Å². The molecule has 0 spiro atoms. The van der Waals surface area contributed by atoms with Crippen LogP contribution < -0.4 is 0 Å². The quantitative estimate of drug-likeness (QED) is 0.790. The largest absolute Gasteiger partial charge is 0.340 e. The second-order valence-corrected chi connectivity index (χ2v) is 8.05. The van der Waals surface area contributed by atoms with Crippen LogP contribution in [0.1, 0.15) is 52.4 Å². The first-order valence-corrected chi connectivity index (χ1v) is 9.88. The molecular weight excluding hydrogens is 302 g/mol. The maximum Gasteiger partial charge on any atom is 0.225 e. The summed E-state index contributed by atoms with van der Waals surface area (Å²) in [6.07, 6.45) is 6.21. The molecule has 3 aliphatic rings. The van der Waals surface area contributed by atoms with Crippen molar-refractivity contribution in [2.45, 2.75) is 52.4 Å². The van der Waals surface area contributed by atoms with Crippen LogP contribution in [0.25, 0.3) is 0 Å². The summed E-state index contributed by atoms with van der Waals surface area (Å²) in [5, 5.41) is 4.90. The fraction of sp³-hybridized carbons (Fsp3) is 0.895. The number of hydrogen-bond acceptors (Lipinski definition) is 4. The molecule has 0 aromatic heterocycles. The van der Waals surface area contributed by atoms with Crippen molar-refractivity contribution < 1.29 is 9.59 Å². The number of piperazine rings is 1. The van der Waals surface area contributed by atoms with E-state index in [-0.39, 0.29) is 17.8 Å². The van der Waals surface area contributed by atoms with Gasteiger partial charge in [-0.1, -0.05) is 13.8 Å². The monoisotopic (exact) mass is 335 g/mol. The molecule has 0 radical (unpaired) electrons. The van der Waals surface area contributed by atoms with E-state index in [9.17, 15) is 9.59 Å². The molecule has 1 amide bonds. The number of amides is 1. The molecule has 0 bridgehead atoms. The highest BCUT2D eigenvalue weighted by molar-refractivity contribution is 5.83. The van der Waals surface area contributed by atoms with Gasteiger partial charge in [0.15, 0.2) is 0 Å². The van der Waals surface area contributed by atoms with Gasteiger partial charge in [0.1, 0.15) is 5.78 Å². The Morgan fingerprint density at radius 2 is 1.25 bits per heavy atom. The summed E-state index contributed by atoms with van der Waals surface area (Å²) in [4.78, 5) is 27.0. The van der Waals surface area contributed by atoms with E-state index in [1.54, 1.807) is 0 Å². The number of hydrazine groups is 1. The Bertz CT molecular complexity index is 444. The number of hydrogen-bond donors (Lipinski definition) is 0. The molecule has 24 heavy (non-hydrogen) atoms. The fourth-order valence-corrected chi connectivity index (χ4v) is 4.54. The summed E-state index contributed by atoms with van der Waals surface area (Å²) in [5.74, 6) is 1.20.